The van der Waals surface area contributed by atoms with Gasteiger partial charge in [-0.05, 0) is 68.8 Å². The Bertz CT molecular complexity index is 1690. The summed E-state index contributed by atoms with van der Waals surface area (Å²) in [6.45, 7) is 16.7. The molecule has 1 aliphatic rings. The lowest BCUT2D eigenvalue weighted by Gasteiger charge is -2.44. The van der Waals surface area contributed by atoms with Crippen molar-refractivity contribution in [2.24, 2.45) is 0 Å². The summed E-state index contributed by atoms with van der Waals surface area (Å²) in [5.74, 6) is 0.469. The molecule has 0 spiro atoms. The lowest BCUT2D eigenvalue weighted by molar-refractivity contribution is -0.128. The van der Waals surface area contributed by atoms with Gasteiger partial charge in [0.2, 0.25) is 5.91 Å². The Balaban J connectivity index is 0.00000387. The van der Waals surface area contributed by atoms with E-state index in [0.717, 1.165) is 21.7 Å². The molecule has 2 atom stereocenters. The summed E-state index contributed by atoms with van der Waals surface area (Å²) in [5.41, 5.74) is 3.97. The van der Waals surface area contributed by atoms with Gasteiger partial charge in [-0.25, -0.2) is 14.3 Å². The summed E-state index contributed by atoms with van der Waals surface area (Å²) in [7, 11) is 0. The smallest absolute Gasteiger partial charge is 0.349 e. The summed E-state index contributed by atoms with van der Waals surface area (Å²) in [6, 6.07) is 5.56. The maximum atomic E-state index is 14.0. The van der Waals surface area contributed by atoms with Gasteiger partial charge in [-0.3, -0.25) is 9.78 Å². The summed E-state index contributed by atoms with van der Waals surface area (Å²) in [6.07, 6.45) is 3.11. The third-order valence-electron chi connectivity index (χ3n) is 7.56. The van der Waals surface area contributed by atoms with Gasteiger partial charge < -0.3 is 9.80 Å². The van der Waals surface area contributed by atoms with E-state index in [1.165, 1.54) is 6.08 Å². The molecule has 0 aromatic carbocycles. The van der Waals surface area contributed by atoms with Gasteiger partial charge in [0.1, 0.15) is 5.82 Å². The number of carbonyl (C=O) groups is 1. The zero-order valence-electron chi connectivity index (χ0n) is 23.6. The highest BCUT2D eigenvalue weighted by Crippen LogP contribution is 2.37. The Morgan fingerprint density at radius 3 is 2.54 bits per heavy atom. The zero-order chi connectivity index (χ0) is 28.9. The molecule has 5 heterocycles. The molecule has 0 unspecified atom stereocenters. The van der Waals surface area contributed by atoms with Crippen LogP contribution in [0.1, 0.15) is 57.2 Å². The molecule has 0 radical (unpaired) electrons. The Morgan fingerprint density at radius 2 is 1.90 bits per heavy atom. The molecule has 4 aromatic rings. The SMILES string of the molecule is C.C=CC(=O)N1C[C@H](C)N(c2nc(=O)n(-c3c(C)ccnc3C(C)C)c3nc(-c4ccsc4C)c(Cl)cc23)C[C@H]1C. The van der Waals surface area contributed by atoms with Crippen LogP contribution in [0, 0.1) is 13.8 Å². The standard InChI is InChI=1S/C30H33ClN6O2S.CH4/c1-8-24(38)35-14-19(6)36(15-18(35)5)28-22-13-23(31)26(21-10-12-40-20(21)7)33-29(22)37(30(39)34-28)27-17(4)9-11-32-25(27)16(2)3;/h8-13,16,18-19H,1,14-15H2,2-7H3;1H4/t18-,19+;/m1./s1. The molecule has 216 valence electrons. The van der Waals surface area contributed by atoms with Crippen LogP contribution in [0.3, 0.4) is 0 Å². The molecule has 0 saturated carbocycles. The lowest BCUT2D eigenvalue weighted by Crippen LogP contribution is -2.58. The second-order valence-electron chi connectivity index (χ2n) is 10.7. The number of fused-ring (bicyclic) bond motifs is 1. The van der Waals surface area contributed by atoms with Crippen molar-refractivity contribution in [2.45, 2.75) is 67.0 Å². The van der Waals surface area contributed by atoms with Crippen LogP contribution < -0.4 is 10.6 Å². The van der Waals surface area contributed by atoms with Crippen LogP contribution in [0.15, 0.2) is 47.2 Å². The minimum absolute atomic E-state index is 0. The molecule has 10 heteroatoms. The van der Waals surface area contributed by atoms with E-state index in [0.29, 0.717) is 46.3 Å². The number of thiophene rings is 1. The number of amides is 1. The van der Waals surface area contributed by atoms with Crippen molar-refractivity contribution >= 4 is 45.7 Å². The molecule has 0 aliphatic carbocycles. The van der Waals surface area contributed by atoms with E-state index in [2.05, 4.69) is 35.3 Å². The molecule has 5 rings (SSSR count). The third kappa shape index (κ3) is 5.28. The number of hydrogen-bond donors (Lipinski definition) is 0. The summed E-state index contributed by atoms with van der Waals surface area (Å²) in [4.78, 5) is 45.8. The predicted octanol–water partition coefficient (Wildman–Crippen LogP) is 6.55. The third-order valence-corrected chi connectivity index (χ3v) is 8.69. The molecule has 1 aliphatic heterocycles. The number of rotatable bonds is 5. The maximum Gasteiger partial charge on any atom is 0.355 e. The first-order valence-electron chi connectivity index (χ1n) is 13.4. The molecule has 4 aromatic heterocycles. The number of nitrogens with zero attached hydrogens (tertiary/aromatic N) is 6. The van der Waals surface area contributed by atoms with Gasteiger partial charge in [-0.1, -0.05) is 39.5 Å². The first kappa shape index (κ1) is 30.4. The van der Waals surface area contributed by atoms with Crippen LogP contribution in [-0.4, -0.2) is 55.5 Å². The van der Waals surface area contributed by atoms with E-state index in [1.807, 2.05) is 51.3 Å². The topological polar surface area (TPSA) is 84.2 Å². The van der Waals surface area contributed by atoms with Crippen molar-refractivity contribution in [1.82, 2.24) is 24.4 Å². The Morgan fingerprint density at radius 1 is 1.17 bits per heavy atom. The molecule has 1 amide bonds. The monoisotopic (exact) mass is 592 g/mol. The normalized spacial score (nSPS) is 17.2. The second kappa shape index (κ2) is 11.7. The molecule has 0 bridgehead atoms. The molecule has 1 saturated heterocycles. The highest BCUT2D eigenvalue weighted by Gasteiger charge is 2.34. The fraction of sp³-hybridized carbons (Fsp3) is 0.387. The minimum Gasteiger partial charge on any atom is -0.349 e. The molecule has 0 N–H and O–H groups in total. The van der Waals surface area contributed by atoms with Gasteiger partial charge in [0.15, 0.2) is 5.65 Å². The van der Waals surface area contributed by atoms with E-state index in [4.69, 9.17) is 16.6 Å². The first-order chi connectivity index (χ1) is 19.0. The number of carbonyl (C=O) groups excluding carboxylic acids is 1. The largest absolute Gasteiger partial charge is 0.355 e. The van der Waals surface area contributed by atoms with E-state index in [1.54, 1.807) is 27.0 Å². The zero-order valence-corrected chi connectivity index (χ0v) is 25.2. The van der Waals surface area contributed by atoms with Gasteiger partial charge in [-0.2, -0.15) is 4.98 Å². The Hall–Kier alpha value is -3.56. The Labute approximate surface area is 250 Å². The quantitative estimate of drug-likeness (QED) is 0.244. The van der Waals surface area contributed by atoms with Gasteiger partial charge in [-0.15, -0.1) is 11.3 Å². The van der Waals surface area contributed by atoms with Crippen LogP contribution in [0.25, 0.3) is 28.0 Å². The van der Waals surface area contributed by atoms with Crippen molar-refractivity contribution in [1.29, 1.82) is 0 Å². The van der Waals surface area contributed by atoms with Crippen LogP contribution >= 0.6 is 22.9 Å². The molecular formula is C31H37ClN6O2S. The van der Waals surface area contributed by atoms with Gasteiger partial charge >= 0.3 is 5.69 Å². The first-order valence-corrected chi connectivity index (χ1v) is 14.6. The van der Waals surface area contributed by atoms with Gasteiger partial charge in [0.05, 0.1) is 27.5 Å². The summed E-state index contributed by atoms with van der Waals surface area (Å²) >= 11 is 8.53. The fourth-order valence-corrected chi connectivity index (χ4v) is 6.43. The molecular weight excluding hydrogens is 556 g/mol. The van der Waals surface area contributed by atoms with Crippen molar-refractivity contribution < 1.29 is 4.79 Å². The number of aryl methyl sites for hydroxylation is 2. The van der Waals surface area contributed by atoms with Crippen LogP contribution in [0.4, 0.5) is 5.82 Å². The number of halogens is 1. The van der Waals surface area contributed by atoms with Crippen molar-refractivity contribution in [2.75, 3.05) is 18.0 Å². The summed E-state index contributed by atoms with van der Waals surface area (Å²) < 4.78 is 1.59. The van der Waals surface area contributed by atoms with E-state index < -0.39 is 5.69 Å². The highest BCUT2D eigenvalue weighted by molar-refractivity contribution is 7.10. The molecule has 1 fully saturated rings. The van der Waals surface area contributed by atoms with Crippen LogP contribution in [0.2, 0.25) is 5.02 Å². The minimum atomic E-state index is -0.437. The average Bonchev–Trinajstić information content (AvgIpc) is 3.34. The number of pyridine rings is 2. The predicted molar refractivity (Wildman–Crippen MR) is 170 cm³/mol. The van der Waals surface area contributed by atoms with Crippen molar-refractivity contribution in [3.63, 3.8) is 0 Å². The highest BCUT2D eigenvalue weighted by atomic mass is 35.5. The number of piperazine rings is 1. The lowest BCUT2D eigenvalue weighted by atomic mass is 10.0. The average molecular weight is 593 g/mol. The van der Waals surface area contributed by atoms with Crippen molar-refractivity contribution in [3.8, 4) is 16.9 Å². The van der Waals surface area contributed by atoms with Crippen LogP contribution in [0.5, 0.6) is 0 Å². The van der Waals surface area contributed by atoms with Crippen molar-refractivity contribution in [3.05, 3.63) is 74.1 Å². The fourth-order valence-electron chi connectivity index (χ4n) is 5.48. The number of aromatic nitrogens is 4. The Kier molecular flexibility index (Phi) is 8.70. The number of anilines is 1. The van der Waals surface area contributed by atoms with Gasteiger partial charge in [0, 0.05) is 41.8 Å². The summed E-state index contributed by atoms with van der Waals surface area (Å²) in [5, 5.41) is 3.16. The molecule has 8 nitrogen and oxygen atoms in total. The second-order valence-corrected chi connectivity index (χ2v) is 12.2. The van der Waals surface area contributed by atoms with Crippen LogP contribution in [-0.2, 0) is 4.79 Å². The van der Waals surface area contributed by atoms with E-state index in [-0.39, 0.29) is 31.3 Å². The van der Waals surface area contributed by atoms with Gasteiger partial charge in [0.25, 0.3) is 0 Å². The number of hydrogen-bond acceptors (Lipinski definition) is 7. The molecule has 41 heavy (non-hydrogen) atoms. The van der Waals surface area contributed by atoms with E-state index in [9.17, 15) is 9.59 Å². The van der Waals surface area contributed by atoms with E-state index >= 15 is 0 Å². The maximum absolute atomic E-state index is 14.0.